The summed E-state index contributed by atoms with van der Waals surface area (Å²) >= 11 is 8.06. The van der Waals surface area contributed by atoms with Gasteiger partial charge in [0.05, 0.1) is 23.9 Å². The first kappa shape index (κ1) is 26.0. The van der Waals surface area contributed by atoms with Gasteiger partial charge in [0.25, 0.3) is 0 Å². The van der Waals surface area contributed by atoms with Crippen LogP contribution in [0.5, 0.6) is 5.75 Å². The Labute approximate surface area is 204 Å². The molecule has 2 aromatic carbocycles. The summed E-state index contributed by atoms with van der Waals surface area (Å²) in [4.78, 5) is 5.84. The lowest BCUT2D eigenvalue weighted by molar-refractivity contribution is 0.412. The van der Waals surface area contributed by atoms with E-state index >= 15 is 0 Å². The van der Waals surface area contributed by atoms with Crippen LogP contribution < -0.4 is 10.1 Å². The summed E-state index contributed by atoms with van der Waals surface area (Å²) in [5.74, 6) is 3.41. The second-order valence-electron chi connectivity index (χ2n) is 7.46. The molecule has 0 saturated heterocycles. The third-order valence-electron chi connectivity index (χ3n) is 5.29. The Morgan fingerprint density at radius 2 is 1.94 bits per heavy atom. The lowest BCUT2D eigenvalue weighted by Crippen LogP contribution is -2.26. The Kier molecular flexibility index (Phi) is 9.39. The molecule has 3 nitrogen and oxygen atoms in total. The van der Waals surface area contributed by atoms with E-state index in [1.54, 1.807) is 30.6 Å². The quantitative estimate of drug-likeness (QED) is 0.327. The zero-order valence-electron chi connectivity index (χ0n) is 18.5. The van der Waals surface area contributed by atoms with E-state index in [2.05, 4.69) is 18.2 Å². The number of hydrogen-bond acceptors (Lipinski definition) is 4. The van der Waals surface area contributed by atoms with Crippen molar-refractivity contribution in [2.75, 3.05) is 12.4 Å². The Balaban J connectivity index is 0.00000363. The summed E-state index contributed by atoms with van der Waals surface area (Å²) in [5, 5.41) is 4.75. The number of aromatic nitrogens is 1. The minimum absolute atomic E-state index is 0. The molecule has 0 bridgehead atoms. The lowest BCUT2D eigenvalue weighted by atomic mass is 9.88. The first-order valence-electron chi connectivity index (χ1n) is 10.2. The summed E-state index contributed by atoms with van der Waals surface area (Å²) in [7, 11) is 1.63. The smallest absolute Gasteiger partial charge is 0.184 e. The van der Waals surface area contributed by atoms with Crippen LogP contribution in [0.3, 0.4) is 0 Å². The van der Waals surface area contributed by atoms with Crippen LogP contribution in [0.1, 0.15) is 41.7 Å². The summed E-state index contributed by atoms with van der Waals surface area (Å²) in [6.45, 7) is 6.11. The number of thiazole rings is 1. The van der Waals surface area contributed by atoms with Crippen LogP contribution in [0, 0.1) is 32.0 Å². The number of ether oxygens (including phenoxy) is 1. The van der Waals surface area contributed by atoms with Gasteiger partial charge in [0.15, 0.2) is 5.13 Å². The SMILES string of the molecule is C#CC(Nc1nc(-c2cc(C)c(OC)cc2Cl)c(C)s1)C(CCC)c1ccc(F)cc1.Cl. The topological polar surface area (TPSA) is 34.2 Å². The molecule has 3 rings (SSSR count). The first-order chi connectivity index (χ1) is 14.9. The van der Waals surface area contributed by atoms with Crippen molar-refractivity contribution < 1.29 is 9.13 Å². The zero-order chi connectivity index (χ0) is 22.5. The van der Waals surface area contributed by atoms with Crippen molar-refractivity contribution >= 4 is 40.5 Å². The maximum atomic E-state index is 13.4. The maximum Gasteiger partial charge on any atom is 0.184 e. The zero-order valence-corrected chi connectivity index (χ0v) is 20.9. The van der Waals surface area contributed by atoms with Gasteiger partial charge in [0, 0.05) is 16.4 Å². The molecule has 0 aliphatic heterocycles. The number of hydrogen-bond donors (Lipinski definition) is 1. The fraction of sp³-hybridized carbons (Fsp3) is 0.320. The molecule has 1 N–H and O–H groups in total. The molecule has 1 aromatic heterocycles. The molecule has 0 fully saturated rings. The molecule has 0 saturated carbocycles. The molecule has 0 radical (unpaired) electrons. The van der Waals surface area contributed by atoms with Gasteiger partial charge in [-0.2, -0.15) is 0 Å². The van der Waals surface area contributed by atoms with Gasteiger partial charge in [-0.15, -0.1) is 30.2 Å². The average molecular weight is 493 g/mol. The number of nitrogens with one attached hydrogen (secondary N) is 1. The van der Waals surface area contributed by atoms with Crippen LogP contribution in [0.4, 0.5) is 9.52 Å². The highest BCUT2D eigenvalue weighted by molar-refractivity contribution is 7.16. The highest BCUT2D eigenvalue weighted by Gasteiger charge is 2.23. The second-order valence-corrected chi connectivity index (χ2v) is 9.07. The van der Waals surface area contributed by atoms with Gasteiger partial charge in [0.2, 0.25) is 0 Å². The van der Waals surface area contributed by atoms with Gasteiger partial charge >= 0.3 is 0 Å². The fourth-order valence-electron chi connectivity index (χ4n) is 3.71. The summed E-state index contributed by atoms with van der Waals surface area (Å²) in [6.07, 6.45) is 7.75. The Hall–Kier alpha value is -2.26. The first-order valence-corrected chi connectivity index (χ1v) is 11.4. The molecule has 0 aliphatic rings. The Morgan fingerprint density at radius 1 is 1.25 bits per heavy atom. The number of nitrogens with zero attached hydrogens (tertiary/aromatic N) is 1. The van der Waals surface area contributed by atoms with Crippen molar-refractivity contribution in [1.29, 1.82) is 0 Å². The van der Waals surface area contributed by atoms with Crippen molar-refractivity contribution in [3.8, 4) is 29.4 Å². The Morgan fingerprint density at radius 3 is 2.53 bits per heavy atom. The molecule has 170 valence electrons. The highest BCUT2D eigenvalue weighted by Crippen LogP contribution is 2.38. The van der Waals surface area contributed by atoms with Gasteiger partial charge in [-0.3, -0.25) is 0 Å². The minimum atomic E-state index is -0.267. The monoisotopic (exact) mass is 492 g/mol. The number of rotatable bonds is 8. The number of halogens is 3. The predicted molar refractivity (Wildman–Crippen MR) is 136 cm³/mol. The molecule has 32 heavy (non-hydrogen) atoms. The number of anilines is 1. The van der Waals surface area contributed by atoms with Gasteiger partial charge < -0.3 is 10.1 Å². The number of benzene rings is 2. The molecule has 0 spiro atoms. The van der Waals surface area contributed by atoms with Crippen LogP contribution in [0.15, 0.2) is 36.4 Å². The molecular formula is C25H27Cl2FN2OS. The van der Waals surface area contributed by atoms with Crippen LogP contribution in [-0.4, -0.2) is 18.1 Å². The van der Waals surface area contributed by atoms with Crippen molar-refractivity contribution in [3.63, 3.8) is 0 Å². The van der Waals surface area contributed by atoms with Gasteiger partial charge in [-0.1, -0.05) is 43.0 Å². The molecule has 0 amide bonds. The minimum Gasteiger partial charge on any atom is -0.496 e. The van der Waals surface area contributed by atoms with E-state index in [4.69, 9.17) is 27.7 Å². The maximum absolute atomic E-state index is 13.4. The molecule has 0 aliphatic carbocycles. The molecule has 2 unspecified atom stereocenters. The van der Waals surface area contributed by atoms with Crippen LogP contribution in [0.2, 0.25) is 5.02 Å². The summed E-state index contributed by atoms with van der Waals surface area (Å²) < 4.78 is 18.8. The Bertz CT molecular complexity index is 1090. The van der Waals surface area contributed by atoms with E-state index in [-0.39, 0.29) is 30.2 Å². The van der Waals surface area contributed by atoms with Crippen LogP contribution in [-0.2, 0) is 0 Å². The van der Waals surface area contributed by atoms with E-state index in [0.717, 1.165) is 51.0 Å². The van der Waals surface area contributed by atoms with E-state index in [9.17, 15) is 4.39 Å². The largest absolute Gasteiger partial charge is 0.496 e. The third kappa shape index (κ3) is 5.75. The normalized spacial score (nSPS) is 12.4. The lowest BCUT2D eigenvalue weighted by Gasteiger charge is -2.24. The number of terminal acetylenes is 1. The number of methoxy groups -OCH3 is 1. The summed E-state index contributed by atoms with van der Waals surface area (Å²) in [5.41, 5.74) is 3.70. The average Bonchev–Trinajstić information content (AvgIpc) is 3.12. The van der Waals surface area contributed by atoms with Crippen LogP contribution >= 0.6 is 35.3 Å². The predicted octanol–water partition coefficient (Wildman–Crippen LogP) is 7.65. The molecule has 2 atom stereocenters. The standard InChI is InChI=1S/C25H26ClFN2OS.ClH/c1-6-8-19(17-9-11-18(27)12-10-17)22(7-2)28-25-29-24(16(4)31-25)20-13-15(3)23(30-5)14-21(20)26;/h2,9-14,19,22H,6,8H2,1,3-5H3,(H,28,29);1H. The highest BCUT2D eigenvalue weighted by atomic mass is 35.5. The fourth-order valence-corrected chi connectivity index (χ4v) is 4.82. The number of aryl methyl sites for hydroxylation is 2. The summed E-state index contributed by atoms with van der Waals surface area (Å²) in [6, 6.07) is 10.1. The molecular weight excluding hydrogens is 466 g/mol. The van der Waals surface area contributed by atoms with Crippen molar-refractivity contribution in [1.82, 2.24) is 4.98 Å². The molecule has 3 aromatic rings. The molecule has 1 heterocycles. The molecule has 7 heteroatoms. The van der Waals surface area contributed by atoms with E-state index in [0.29, 0.717) is 5.02 Å². The van der Waals surface area contributed by atoms with Gasteiger partial charge in [0.1, 0.15) is 11.6 Å². The third-order valence-corrected chi connectivity index (χ3v) is 6.51. The van der Waals surface area contributed by atoms with Crippen LogP contribution in [0.25, 0.3) is 11.3 Å². The van der Waals surface area contributed by atoms with E-state index in [1.807, 2.05) is 26.0 Å². The van der Waals surface area contributed by atoms with Crippen molar-refractivity contribution in [3.05, 3.63) is 63.2 Å². The van der Waals surface area contributed by atoms with E-state index < -0.39 is 0 Å². The van der Waals surface area contributed by atoms with Crippen molar-refractivity contribution in [2.45, 2.75) is 45.6 Å². The second kappa shape index (κ2) is 11.6. The van der Waals surface area contributed by atoms with Crippen molar-refractivity contribution in [2.24, 2.45) is 0 Å². The van der Waals surface area contributed by atoms with Gasteiger partial charge in [-0.05, 0) is 55.7 Å². The van der Waals surface area contributed by atoms with E-state index in [1.165, 1.54) is 12.1 Å². The van der Waals surface area contributed by atoms with Gasteiger partial charge in [-0.25, -0.2) is 9.37 Å².